The van der Waals surface area contributed by atoms with Gasteiger partial charge in [0.15, 0.2) is 0 Å². The van der Waals surface area contributed by atoms with Crippen molar-refractivity contribution in [2.75, 3.05) is 5.32 Å². The van der Waals surface area contributed by atoms with Gasteiger partial charge in [-0.25, -0.2) is 0 Å². The maximum absolute atomic E-state index is 12.1. The van der Waals surface area contributed by atoms with Crippen LogP contribution >= 0.6 is 0 Å². The van der Waals surface area contributed by atoms with Crippen LogP contribution in [0, 0.1) is 5.41 Å². The zero-order valence-electron chi connectivity index (χ0n) is 12.6. The van der Waals surface area contributed by atoms with Gasteiger partial charge in [0.25, 0.3) is 5.91 Å². The first-order valence-electron chi connectivity index (χ1n) is 6.95. The number of benzene rings is 1. The molecule has 0 unspecified atom stereocenters. The van der Waals surface area contributed by atoms with Gasteiger partial charge in [-0.2, -0.15) is 0 Å². The normalized spacial score (nSPS) is 11.6. The van der Waals surface area contributed by atoms with Crippen molar-refractivity contribution in [3.8, 4) is 0 Å². The summed E-state index contributed by atoms with van der Waals surface area (Å²) in [5.74, 6) is -0.118. The zero-order chi connectivity index (χ0) is 15.3. The van der Waals surface area contributed by atoms with Crippen molar-refractivity contribution in [2.24, 2.45) is 5.41 Å². The summed E-state index contributed by atoms with van der Waals surface area (Å²) >= 11 is 0. The third-order valence-electron chi connectivity index (χ3n) is 2.89. The van der Waals surface area contributed by atoms with E-state index < -0.39 is 0 Å². The monoisotopic (exact) mass is 280 g/mol. The van der Waals surface area contributed by atoms with Crippen molar-refractivity contribution in [2.45, 2.75) is 20.8 Å². The second-order valence-corrected chi connectivity index (χ2v) is 6.01. The Balaban J connectivity index is 2.05. The molecule has 108 valence electrons. The number of aromatic nitrogens is 1. The quantitative estimate of drug-likeness (QED) is 0.905. The number of hydrogen-bond donors (Lipinski definition) is 1. The van der Waals surface area contributed by atoms with Gasteiger partial charge in [0.2, 0.25) is 0 Å². The Morgan fingerprint density at radius 1 is 1.05 bits per heavy atom. The Morgan fingerprint density at radius 2 is 1.67 bits per heavy atom. The van der Waals surface area contributed by atoms with Gasteiger partial charge in [-0.15, -0.1) is 0 Å². The number of nitrogens with zero attached hydrogens (tertiary/aromatic N) is 1. The highest BCUT2D eigenvalue weighted by molar-refractivity contribution is 6.04. The molecule has 0 atom stereocenters. The first-order chi connectivity index (χ1) is 9.94. The largest absolute Gasteiger partial charge is 0.322 e. The van der Waals surface area contributed by atoms with Crippen LogP contribution in [0.25, 0.3) is 6.08 Å². The maximum atomic E-state index is 12.1. The molecule has 0 aliphatic rings. The summed E-state index contributed by atoms with van der Waals surface area (Å²) in [5, 5.41) is 2.84. The van der Waals surface area contributed by atoms with Gasteiger partial charge in [-0.05, 0) is 35.2 Å². The van der Waals surface area contributed by atoms with Crippen molar-refractivity contribution >= 4 is 17.7 Å². The van der Waals surface area contributed by atoms with E-state index in [1.807, 2.05) is 24.3 Å². The maximum Gasteiger partial charge on any atom is 0.255 e. The first kappa shape index (κ1) is 15.0. The molecule has 0 fully saturated rings. The number of allylic oxidation sites excluding steroid dienone is 1. The van der Waals surface area contributed by atoms with E-state index in [4.69, 9.17) is 0 Å². The molecule has 3 heteroatoms. The molecule has 1 N–H and O–H groups in total. The van der Waals surface area contributed by atoms with Crippen molar-refractivity contribution in [1.82, 2.24) is 4.98 Å². The summed E-state index contributed by atoms with van der Waals surface area (Å²) < 4.78 is 0. The minimum Gasteiger partial charge on any atom is -0.322 e. The van der Waals surface area contributed by atoms with E-state index in [1.165, 1.54) is 0 Å². The molecule has 21 heavy (non-hydrogen) atoms. The molecule has 0 aliphatic heterocycles. The predicted octanol–water partition coefficient (Wildman–Crippen LogP) is 4.39. The molecule has 1 amide bonds. The number of carbonyl (C=O) groups is 1. The van der Waals surface area contributed by atoms with E-state index in [0.29, 0.717) is 5.56 Å². The third-order valence-corrected chi connectivity index (χ3v) is 2.89. The number of amides is 1. The highest BCUT2D eigenvalue weighted by atomic mass is 16.1. The van der Waals surface area contributed by atoms with Crippen molar-refractivity contribution in [1.29, 1.82) is 0 Å². The lowest BCUT2D eigenvalue weighted by molar-refractivity contribution is 0.102. The van der Waals surface area contributed by atoms with E-state index in [9.17, 15) is 4.79 Å². The lowest BCUT2D eigenvalue weighted by Gasteiger charge is -2.11. The summed E-state index contributed by atoms with van der Waals surface area (Å²) in [4.78, 5) is 16.0. The molecule has 0 aliphatic carbocycles. The van der Waals surface area contributed by atoms with Crippen LogP contribution in [0.1, 0.15) is 36.7 Å². The van der Waals surface area contributed by atoms with E-state index in [0.717, 1.165) is 11.3 Å². The van der Waals surface area contributed by atoms with E-state index in [2.05, 4.69) is 43.2 Å². The molecular formula is C18H20N2O. The van der Waals surface area contributed by atoms with Gasteiger partial charge >= 0.3 is 0 Å². The van der Waals surface area contributed by atoms with Crippen molar-refractivity contribution < 1.29 is 4.79 Å². The van der Waals surface area contributed by atoms with Crippen LogP contribution in [0.15, 0.2) is 54.9 Å². The molecule has 0 spiro atoms. The van der Waals surface area contributed by atoms with E-state index >= 15 is 0 Å². The van der Waals surface area contributed by atoms with Crippen LogP contribution in [0.5, 0.6) is 0 Å². The highest BCUT2D eigenvalue weighted by Crippen LogP contribution is 2.17. The fourth-order valence-electron chi connectivity index (χ4n) is 1.73. The zero-order valence-corrected chi connectivity index (χ0v) is 12.6. The minimum atomic E-state index is -0.118. The summed E-state index contributed by atoms with van der Waals surface area (Å²) in [6, 6.07) is 11.1. The number of carbonyl (C=O) groups excluding carboxylic acids is 1. The molecule has 1 aromatic carbocycles. The molecule has 0 saturated carbocycles. The molecule has 0 bridgehead atoms. The smallest absolute Gasteiger partial charge is 0.255 e. The molecular weight excluding hydrogens is 260 g/mol. The fourth-order valence-corrected chi connectivity index (χ4v) is 1.73. The second-order valence-electron chi connectivity index (χ2n) is 6.01. The molecule has 1 aromatic heterocycles. The lowest BCUT2D eigenvalue weighted by atomic mass is 9.95. The minimum absolute atomic E-state index is 0.118. The molecule has 1 heterocycles. The van der Waals surface area contributed by atoms with Crippen LogP contribution in [-0.2, 0) is 0 Å². The van der Waals surface area contributed by atoms with Crippen molar-refractivity contribution in [3.63, 3.8) is 0 Å². The molecule has 3 nitrogen and oxygen atoms in total. The summed E-state index contributed by atoms with van der Waals surface area (Å²) in [6.07, 6.45) is 7.52. The van der Waals surface area contributed by atoms with Crippen LogP contribution in [0.3, 0.4) is 0 Å². The predicted molar refractivity (Wildman–Crippen MR) is 87.1 cm³/mol. The third kappa shape index (κ3) is 4.88. The summed E-state index contributed by atoms with van der Waals surface area (Å²) in [5.41, 5.74) is 2.62. The SMILES string of the molecule is CC(C)(C)/C=C/c1ccc(C(=O)Nc2ccncc2)cc1. The topological polar surface area (TPSA) is 42.0 Å². The Labute approximate surface area is 125 Å². The summed E-state index contributed by atoms with van der Waals surface area (Å²) in [6.45, 7) is 6.46. The molecule has 0 radical (unpaired) electrons. The van der Waals surface area contributed by atoms with Crippen LogP contribution in [0.2, 0.25) is 0 Å². The summed E-state index contributed by atoms with van der Waals surface area (Å²) in [7, 11) is 0. The van der Waals surface area contributed by atoms with Crippen LogP contribution in [-0.4, -0.2) is 10.9 Å². The number of rotatable bonds is 3. The number of hydrogen-bond acceptors (Lipinski definition) is 2. The Morgan fingerprint density at radius 3 is 2.24 bits per heavy atom. The first-order valence-corrected chi connectivity index (χ1v) is 6.95. The number of pyridine rings is 1. The average molecular weight is 280 g/mol. The molecule has 2 aromatic rings. The lowest BCUT2D eigenvalue weighted by Crippen LogP contribution is -2.11. The van der Waals surface area contributed by atoms with Gasteiger partial charge in [0, 0.05) is 23.6 Å². The fraction of sp³-hybridized carbons (Fsp3) is 0.222. The molecule has 0 saturated heterocycles. The van der Waals surface area contributed by atoms with Gasteiger partial charge in [0.1, 0.15) is 0 Å². The van der Waals surface area contributed by atoms with E-state index in [-0.39, 0.29) is 11.3 Å². The second kappa shape index (κ2) is 6.35. The van der Waals surface area contributed by atoms with Crippen molar-refractivity contribution in [3.05, 3.63) is 66.0 Å². The van der Waals surface area contributed by atoms with Gasteiger partial charge < -0.3 is 5.32 Å². The van der Waals surface area contributed by atoms with Gasteiger partial charge in [-0.3, -0.25) is 9.78 Å². The van der Waals surface area contributed by atoms with E-state index in [1.54, 1.807) is 24.5 Å². The van der Waals surface area contributed by atoms with Gasteiger partial charge in [-0.1, -0.05) is 45.1 Å². The standard InChI is InChI=1S/C18H20N2O/c1-18(2,3)11-8-14-4-6-15(7-5-14)17(21)20-16-9-12-19-13-10-16/h4-13H,1-3H3,(H,19,20,21)/b11-8+. The molecule has 2 rings (SSSR count). The number of nitrogens with one attached hydrogen (secondary N) is 1. The number of anilines is 1. The van der Waals surface area contributed by atoms with Crippen LogP contribution in [0.4, 0.5) is 5.69 Å². The highest BCUT2D eigenvalue weighted by Gasteiger charge is 2.06. The Bertz CT molecular complexity index is 623. The Hall–Kier alpha value is -2.42. The van der Waals surface area contributed by atoms with Crippen LogP contribution < -0.4 is 5.32 Å². The van der Waals surface area contributed by atoms with Gasteiger partial charge in [0.05, 0.1) is 0 Å². The average Bonchev–Trinajstić information content (AvgIpc) is 2.46. The Kier molecular flexibility index (Phi) is 4.53.